The van der Waals surface area contributed by atoms with E-state index in [2.05, 4.69) is 10.1 Å². The summed E-state index contributed by atoms with van der Waals surface area (Å²) in [6.07, 6.45) is 0. The van der Waals surface area contributed by atoms with Crippen molar-refractivity contribution in [3.8, 4) is 11.5 Å². The number of methoxy groups -OCH3 is 1. The lowest BCUT2D eigenvalue weighted by Crippen LogP contribution is -2.87. The predicted octanol–water partition coefficient (Wildman–Crippen LogP) is 2.52. The Kier molecular flexibility index (Phi) is 7.62. The number of hydrogen-bond donors (Lipinski definition) is 2. The molecular weight excluding hydrogens is 380 g/mol. The van der Waals surface area contributed by atoms with Crippen LogP contribution in [0.15, 0.2) is 36.4 Å². The molecule has 3 N–H and O–H groups in total. The highest BCUT2D eigenvalue weighted by Gasteiger charge is 2.15. The summed E-state index contributed by atoms with van der Waals surface area (Å²) in [5.41, 5.74) is 1.20. The lowest BCUT2D eigenvalue weighted by Gasteiger charge is -2.13. The Morgan fingerprint density at radius 3 is 2.50 bits per heavy atom. The van der Waals surface area contributed by atoms with Gasteiger partial charge >= 0.3 is 6.61 Å². The Bertz CT molecular complexity index is 818. The molecule has 5 nitrogen and oxygen atoms in total. The van der Waals surface area contributed by atoms with Gasteiger partial charge in [0.05, 0.1) is 7.11 Å². The van der Waals surface area contributed by atoms with Crippen LogP contribution in [0.1, 0.15) is 24.1 Å². The number of nitrogens with two attached hydrogens (primary N) is 1. The molecule has 0 aliphatic carbocycles. The minimum absolute atomic E-state index is 0.0733. The van der Waals surface area contributed by atoms with Gasteiger partial charge in [0.2, 0.25) is 0 Å². The van der Waals surface area contributed by atoms with Gasteiger partial charge in [-0.1, -0.05) is 6.07 Å². The van der Waals surface area contributed by atoms with Gasteiger partial charge in [-0.15, -0.1) is 0 Å². The molecular formula is C19H21F4N2O3+. The SMILES string of the molecule is COc1cc(CNC(=O)C[NH2+][C@@H](C)c2ccc(F)c(F)c2)ccc1OC(F)F. The van der Waals surface area contributed by atoms with Crippen molar-refractivity contribution in [2.75, 3.05) is 13.7 Å². The van der Waals surface area contributed by atoms with Crippen molar-refractivity contribution < 1.29 is 37.1 Å². The standard InChI is InChI=1S/C19H20F4N2O3/c1-11(13-4-5-14(20)15(21)8-13)24-10-18(26)25-9-12-3-6-16(28-19(22)23)17(7-12)27-2/h3-8,11,19,24H,9-10H2,1-2H3,(H,25,26)/p+1/t11-/m0/s1. The van der Waals surface area contributed by atoms with Crippen LogP contribution in [0.25, 0.3) is 0 Å². The number of amides is 1. The van der Waals surface area contributed by atoms with Crippen LogP contribution in [-0.2, 0) is 11.3 Å². The summed E-state index contributed by atoms with van der Waals surface area (Å²) in [5, 5.41) is 4.37. The molecule has 0 saturated heterocycles. The molecule has 0 aliphatic heterocycles. The second-order valence-electron chi connectivity index (χ2n) is 6.04. The minimum atomic E-state index is -2.97. The molecule has 0 saturated carbocycles. The zero-order chi connectivity index (χ0) is 20.7. The summed E-state index contributed by atoms with van der Waals surface area (Å²) in [4.78, 5) is 12.0. The van der Waals surface area contributed by atoms with E-state index >= 15 is 0 Å². The van der Waals surface area contributed by atoms with E-state index in [1.165, 1.54) is 31.4 Å². The van der Waals surface area contributed by atoms with Crippen molar-refractivity contribution >= 4 is 5.91 Å². The Balaban J connectivity index is 1.85. The normalized spacial score (nSPS) is 12.0. The second-order valence-corrected chi connectivity index (χ2v) is 6.04. The second kappa shape index (κ2) is 9.93. The summed E-state index contributed by atoms with van der Waals surface area (Å²) >= 11 is 0. The molecule has 0 fully saturated rings. The number of halogens is 4. The van der Waals surface area contributed by atoms with Gasteiger partial charge in [-0.3, -0.25) is 4.79 Å². The molecule has 0 heterocycles. The molecule has 2 aromatic carbocycles. The first-order valence-electron chi connectivity index (χ1n) is 8.47. The van der Waals surface area contributed by atoms with Crippen LogP contribution in [0.5, 0.6) is 11.5 Å². The Morgan fingerprint density at radius 1 is 1.11 bits per heavy atom. The summed E-state index contributed by atoms with van der Waals surface area (Å²) in [7, 11) is 1.32. The fourth-order valence-corrected chi connectivity index (χ4v) is 2.50. The fourth-order valence-electron chi connectivity index (χ4n) is 2.50. The molecule has 9 heteroatoms. The van der Waals surface area contributed by atoms with Crippen LogP contribution in [-0.4, -0.2) is 26.2 Å². The number of hydrogen-bond acceptors (Lipinski definition) is 3. The monoisotopic (exact) mass is 401 g/mol. The highest BCUT2D eigenvalue weighted by Crippen LogP contribution is 2.29. The molecule has 0 unspecified atom stereocenters. The number of carbonyl (C=O) groups is 1. The van der Waals surface area contributed by atoms with E-state index in [-0.39, 0.29) is 36.5 Å². The summed E-state index contributed by atoms with van der Waals surface area (Å²) in [5.74, 6) is -2.10. The predicted molar refractivity (Wildman–Crippen MR) is 93.0 cm³/mol. The number of ether oxygens (including phenoxy) is 2. The van der Waals surface area contributed by atoms with Crippen LogP contribution >= 0.6 is 0 Å². The van der Waals surface area contributed by atoms with E-state index in [0.717, 1.165) is 12.1 Å². The van der Waals surface area contributed by atoms with Crippen LogP contribution < -0.4 is 20.1 Å². The largest absolute Gasteiger partial charge is 0.493 e. The van der Waals surface area contributed by atoms with E-state index < -0.39 is 18.2 Å². The van der Waals surface area contributed by atoms with Crippen LogP contribution in [0.4, 0.5) is 17.6 Å². The Labute approximate surface area is 159 Å². The highest BCUT2D eigenvalue weighted by atomic mass is 19.3. The smallest absolute Gasteiger partial charge is 0.387 e. The third kappa shape index (κ3) is 6.12. The van der Waals surface area contributed by atoms with Crippen molar-refractivity contribution in [2.45, 2.75) is 26.1 Å². The molecule has 0 bridgehead atoms. The van der Waals surface area contributed by atoms with E-state index in [1.54, 1.807) is 12.2 Å². The lowest BCUT2D eigenvalue weighted by molar-refractivity contribution is -0.682. The zero-order valence-corrected chi connectivity index (χ0v) is 15.3. The lowest BCUT2D eigenvalue weighted by atomic mass is 10.1. The van der Waals surface area contributed by atoms with Gasteiger partial charge in [-0.2, -0.15) is 8.78 Å². The van der Waals surface area contributed by atoms with Crippen molar-refractivity contribution in [2.24, 2.45) is 0 Å². The Hall–Kier alpha value is -2.81. The fraction of sp³-hybridized carbons (Fsp3) is 0.316. The number of carbonyl (C=O) groups excluding carboxylic acids is 1. The van der Waals surface area contributed by atoms with Crippen LogP contribution in [0.2, 0.25) is 0 Å². The average molecular weight is 401 g/mol. The first kappa shape index (κ1) is 21.5. The van der Waals surface area contributed by atoms with Gasteiger partial charge in [0.25, 0.3) is 5.91 Å². The number of benzene rings is 2. The van der Waals surface area contributed by atoms with Gasteiger partial charge in [0.15, 0.2) is 29.7 Å². The van der Waals surface area contributed by atoms with Gasteiger partial charge in [0, 0.05) is 12.1 Å². The maximum atomic E-state index is 13.3. The first-order chi connectivity index (χ1) is 13.3. The molecule has 1 atom stereocenters. The summed E-state index contributed by atoms with van der Waals surface area (Å²) in [6, 6.07) is 7.73. The number of quaternary nitrogens is 1. The molecule has 152 valence electrons. The molecule has 0 spiro atoms. The summed E-state index contributed by atoms with van der Waals surface area (Å²) in [6.45, 7) is -0.958. The number of rotatable bonds is 9. The average Bonchev–Trinajstić information content (AvgIpc) is 2.66. The van der Waals surface area contributed by atoms with Gasteiger partial charge < -0.3 is 20.1 Å². The summed E-state index contributed by atoms with van der Waals surface area (Å²) < 4.78 is 60.3. The highest BCUT2D eigenvalue weighted by molar-refractivity contribution is 5.76. The number of nitrogens with one attached hydrogen (secondary N) is 1. The molecule has 0 aromatic heterocycles. The van der Waals surface area contributed by atoms with E-state index in [0.29, 0.717) is 11.1 Å². The molecule has 2 aromatic rings. The molecule has 0 aliphatic rings. The molecule has 0 radical (unpaired) electrons. The quantitative estimate of drug-likeness (QED) is 0.635. The first-order valence-corrected chi connectivity index (χ1v) is 8.47. The van der Waals surface area contributed by atoms with Crippen molar-refractivity contribution in [3.05, 3.63) is 59.2 Å². The minimum Gasteiger partial charge on any atom is -0.493 e. The Morgan fingerprint density at radius 2 is 1.86 bits per heavy atom. The van der Waals surface area contributed by atoms with Crippen molar-refractivity contribution in [1.82, 2.24) is 5.32 Å². The van der Waals surface area contributed by atoms with Crippen LogP contribution in [0, 0.1) is 11.6 Å². The van der Waals surface area contributed by atoms with Gasteiger partial charge in [0.1, 0.15) is 6.04 Å². The molecule has 1 amide bonds. The van der Waals surface area contributed by atoms with Crippen molar-refractivity contribution in [1.29, 1.82) is 0 Å². The van der Waals surface area contributed by atoms with Crippen LogP contribution in [0.3, 0.4) is 0 Å². The van der Waals surface area contributed by atoms with E-state index in [9.17, 15) is 22.4 Å². The van der Waals surface area contributed by atoms with Crippen molar-refractivity contribution in [3.63, 3.8) is 0 Å². The molecule has 28 heavy (non-hydrogen) atoms. The van der Waals surface area contributed by atoms with E-state index in [4.69, 9.17) is 4.74 Å². The zero-order valence-electron chi connectivity index (χ0n) is 15.3. The van der Waals surface area contributed by atoms with Gasteiger partial charge in [-0.05, 0) is 42.8 Å². The van der Waals surface area contributed by atoms with E-state index in [1.807, 2.05) is 0 Å². The number of alkyl halides is 2. The topological polar surface area (TPSA) is 64.2 Å². The third-order valence-electron chi connectivity index (χ3n) is 4.06. The maximum absolute atomic E-state index is 13.3. The third-order valence-corrected chi connectivity index (χ3v) is 4.06. The molecule has 2 rings (SSSR count). The maximum Gasteiger partial charge on any atom is 0.387 e. The van der Waals surface area contributed by atoms with Gasteiger partial charge in [-0.25, -0.2) is 8.78 Å².